The number of thiophene rings is 1. The molecule has 0 aliphatic heterocycles. The van der Waals surface area contributed by atoms with Crippen LogP contribution >= 0.6 is 23.1 Å². The summed E-state index contributed by atoms with van der Waals surface area (Å²) in [5, 5.41) is 11.2. The lowest BCUT2D eigenvalue weighted by Crippen LogP contribution is -2.27. The number of carbonyl (C=O) groups is 1. The topological polar surface area (TPSA) is 51.0 Å². The van der Waals surface area contributed by atoms with E-state index in [9.17, 15) is 4.79 Å². The molecule has 4 rings (SSSR count). The summed E-state index contributed by atoms with van der Waals surface area (Å²) in [6, 6.07) is 23.8. The van der Waals surface area contributed by atoms with E-state index in [1.165, 1.54) is 11.8 Å². The molecule has 2 aromatic heterocycles. The summed E-state index contributed by atoms with van der Waals surface area (Å²) in [6.07, 6.45) is 0. The van der Waals surface area contributed by atoms with Crippen LogP contribution in [0.1, 0.15) is 10.8 Å². The highest BCUT2D eigenvalue weighted by atomic mass is 32.2. The molecule has 5 nitrogen and oxygen atoms in total. The van der Waals surface area contributed by atoms with E-state index in [1.54, 1.807) is 30.3 Å². The monoisotopic (exact) mass is 420 g/mol. The van der Waals surface area contributed by atoms with Crippen LogP contribution in [0, 0.1) is 0 Å². The number of rotatable bonds is 6. The van der Waals surface area contributed by atoms with Gasteiger partial charge in [0.25, 0.3) is 0 Å². The van der Waals surface area contributed by atoms with Gasteiger partial charge in [-0.2, -0.15) is 0 Å². The molecule has 2 heterocycles. The largest absolute Gasteiger partial charge is 0.348 e. The molecule has 1 amide bonds. The Balaban J connectivity index is 1.81. The average molecular weight is 421 g/mol. The molecule has 0 fully saturated rings. The fourth-order valence-electron chi connectivity index (χ4n) is 2.95. The minimum Gasteiger partial charge on any atom is -0.348 e. The Labute approximate surface area is 178 Å². The Bertz CT molecular complexity index is 1080. The highest BCUT2D eigenvalue weighted by molar-refractivity contribution is 8.00. The van der Waals surface area contributed by atoms with Gasteiger partial charge in [-0.25, -0.2) is 0 Å². The van der Waals surface area contributed by atoms with Crippen molar-refractivity contribution >= 4 is 29.0 Å². The first-order valence-corrected chi connectivity index (χ1v) is 10.9. The lowest BCUT2D eigenvalue weighted by Gasteiger charge is -2.20. The van der Waals surface area contributed by atoms with E-state index >= 15 is 0 Å². The number of hydrogen-bond acceptors (Lipinski definition) is 5. The molecule has 0 aliphatic rings. The second-order valence-electron chi connectivity index (χ2n) is 6.60. The van der Waals surface area contributed by atoms with Crippen molar-refractivity contribution in [2.75, 3.05) is 14.1 Å². The van der Waals surface area contributed by atoms with Gasteiger partial charge in [0.1, 0.15) is 5.25 Å². The van der Waals surface area contributed by atoms with Gasteiger partial charge in [0.2, 0.25) is 5.91 Å². The number of hydrogen-bond donors (Lipinski definition) is 0. The summed E-state index contributed by atoms with van der Waals surface area (Å²) in [5.74, 6) is 0.791. The lowest BCUT2D eigenvalue weighted by molar-refractivity contribution is -0.128. The molecule has 0 N–H and O–H groups in total. The van der Waals surface area contributed by atoms with Crippen LogP contribution in [0.4, 0.5) is 0 Å². The van der Waals surface area contributed by atoms with Gasteiger partial charge < -0.3 is 4.90 Å². The van der Waals surface area contributed by atoms with Crippen molar-refractivity contribution in [3.63, 3.8) is 0 Å². The second kappa shape index (κ2) is 8.63. The molecule has 2 aromatic carbocycles. The summed E-state index contributed by atoms with van der Waals surface area (Å²) in [5.41, 5.74) is 1.91. The number of benzene rings is 2. The van der Waals surface area contributed by atoms with Crippen LogP contribution in [0.25, 0.3) is 16.4 Å². The van der Waals surface area contributed by atoms with Crippen molar-refractivity contribution in [2.24, 2.45) is 0 Å². The summed E-state index contributed by atoms with van der Waals surface area (Å²) >= 11 is 3.04. The van der Waals surface area contributed by atoms with Crippen LogP contribution in [0.5, 0.6) is 0 Å². The molecule has 0 saturated heterocycles. The number of carbonyl (C=O) groups excluding carboxylic acids is 1. The van der Waals surface area contributed by atoms with E-state index in [2.05, 4.69) is 10.2 Å². The maximum absolute atomic E-state index is 13.0. The van der Waals surface area contributed by atoms with Crippen molar-refractivity contribution in [2.45, 2.75) is 10.4 Å². The number of amides is 1. The van der Waals surface area contributed by atoms with Gasteiger partial charge in [0.05, 0.1) is 4.88 Å². The molecule has 0 bridgehead atoms. The first-order valence-electron chi connectivity index (χ1n) is 9.12. The third-order valence-corrected chi connectivity index (χ3v) is 6.43. The van der Waals surface area contributed by atoms with Crippen LogP contribution in [0.3, 0.4) is 0 Å². The van der Waals surface area contributed by atoms with E-state index in [0.29, 0.717) is 5.16 Å². The van der Waals surface area contributed by atoms with E-state index < -0.39 is 5.25 Å². The van der Waals surface area contributed by atoms with E-state index in [1.807, 2.05) is 82.7 Å². The quantitative estimate of drug-likeness (QED) is 0.416. The number of aromatic nitrogens is 3. The van der Waals surface area contributed by atoms with E-state index in [4.69, 9.17) is 0 Å². The number of thioether (sulfide) groups is 1. The van der Waals surface area contributed by atoms with Gasteiger partial charge in [-0.05, 0) is 29.1 Å². The van der Waals surface area contributed by atoms with Crippen molar-refractivity contribution in [1.82, 2.24) is 19.7 Å². The van der Waals surface area contributed by atoms with Crippen molar-refractivity contribution in [3.8, 4) is 16.4 Å². The molecule has 29 heavy (non-hydrogen) atoms. The van der Waals surface area contributed by atoms with Gasteiger partial charge in [-0.15, -0.1) is 21.5 Å². The molecule has 1 unspecified atom stereocenters. The molecule has 1 atom stereocenters. The molecular formula is C22H20N4OS2. The van der Waals surface area contributed by atoms with Gasteiger partial charge in [-0.1, -0.05) is 66.4 Å². The zero-order valence-corrected chi connectivity index (χ0v) is 17.7. The zero-order chi connectivity index (χ0) is 20.2. The first kappa shape index (κ1) is 19.4. The molecule has 0 aliphatic carbocycles. The summed E-state index contributed by atoms with van der Waals surface area (Å²) in [6.45, 7) is 0. The highest BCUT2D eigenvalue weighted by Crippen LogP contribution is 2.38. The summed E-state index contributed by atoms with van der Waals surface area (Å²) in [4.78, 5) is 15.6. The Morgan fingerprint density at radius 2 is 1.66 bits per heavy atom. The summed E-state index contributed by atoms with van der Waals surface area (Å²) in [7, 11) is 3.55. The molecular weight excluding hydrogens is 400 g/mol. The zero-order valence-electron chi connectivity index (χ0n) is 16.1. The minimum atomic E-state index is -0.408. The molecule has 0 saturated carbocycles. The maximum Gasteiger partial charge on any atom is 0.240 e. The van der Waals surface area contributed by atoms with Crippen molar-refractivity contribution < 1.29 is 4.79 Å². The molecule has 146 valence electrons. The van der Waals surface area contributed by atoms with E-state index in [-0.39, 0.29) is 5.91 Å². The van der Waals surface area contributed by atoms with Gasteiger partial charge in [0, 0.05) is 19.8 Å². The molecule has 4 aromatic rings. The third-order valence-electron chi connectivity index (χ3n) is 4.38. The third kappa shape index (κ3) is 4.11. The first-order chi connectivity index (χ1) is 14.1. The Hall–Kier alpha value is -2.90. The van der Waals surface area contributed by atoms with E-state index in [0.717, 1.165) is 22.0 Å². The molecule has 7 heteroatoms. The smallest absolute Gasteiger partial charge is 0.240 e. The van der Waals surface area contributed by atoms with Crippen molar-refractivity contribution in [1.29, 1.82) is 0 Å². The maximum atomic E-state index is 13.0. The van der Waals surface area contributed by atoms with Gasteiger partial charge >= 0.3 is 0 Å². The number of likely N-dealkylation sites (N-methyl/N-ethyl adjacent to an activating group) is 1. The van der Waals surface area contributed by atoms with Gasteiger partial charge in [-0.3, -0.25) is 9.36 Å². The molecule has 0 radical (unpaired) electrons. The van der Waals surface area contributed by atoms with Crippen LogP contribution < -0.4 is 0 Å². The Morgan fingerprint density at radius 1 is 0.966 bits per heavy atom. The average Bonchev–Trinajstić information content (AvgIpc) is 3.42. The summed E-state index contributed by atoms with van der Waals surface area (Å²) < 4.78 is 2.02. The fraction of sp³-hybridized carbons (Fsp3) is 0.136. The van der Waals surface area contributed by atoms with Crippen LogP contribution in [0.2, 0.25) is 0 Å². The Kier molecular flexibility index (Phi) is 5.78. The SMILES string of the molecule is CN(C)C(=O)C(Sc1nnc(-c2cccs2)n1-c1ccccc1)c1ccccc1. The van der Waals surface area contributed by atoms with Crippen LogP contribution in [-0.2, 0) is 4.79 Å². The molecule has 0 spiro atoms. The fourth-order valence-corrected chi connectivity index (χ4v) is 4.85. The Morgan fingerprint density at radius 3 is 2.28 bits per heavy atom. The normalized spacial score (nSPS) is 11.9. The van der Waals surface area contributed by atoms with Crippen LogP contribution in [0.15, 0.2) is 83.3 Å². The highest BCUT2D eigenvalue weighted by Gasteiger charge is 2.27. The predicted octanol–water partition coefficient (Wildman–Crippen LogP) is 4.92. The van der Waals surface area contributed by atoms with Gasteiger partial charge in [0.15, 0.2) is 11.0 Å². The number of para-hydroxylation sites is 1. The minimum absolute atomic E-state index is 0.0153. The second-order valence-corrected chi connectivity index (χ2v) is 8.62. The predicted molar refractivity (Wildman–Crippen MR) is 118 cm³/mol. The standard InChI is InChI=1S/C22H20N4OS2/c1-25(2)21(27)19(16-10-5-3-6-11-16)29-22-24-23-20(18-14-9-15-28-18)26(22)17-12-7-4-8-13-17/h3-15,19H,1-2H3. The van der Waals surface area contributed by atoms with Crippen LogP contribution in [-0.4, -0.2) is 39.7 Å². The van der Waals surface area contributed by atoms with Crippen molar-refractivity contribution in [3.05, 3.63) is 83.7 Å². The lowest BCUT2D eigenvalue weighted by atomic mass is 10.1. The number of nitrogens with zero attached hydrogens (tertiary/aromatic N) is 4.